The van der Waals surface area contributed by atoms with Gasteiger partial charge in [-0.3, -0.25) is 0 Å². The van der Waals surface area contributed by atoms with Crippen molar-refractivity contribution in [1.29, 1.82) is 0 Å². The first-order valence-corrected chi connectivity index (χ1v) is 4.99. The van der Waals surface area contributed by atoms with Gasteiger partial charge < -0.3 is 15.3 Å². The molecule has 0 fully saturated rings. The zero-order chi connectivity index (χ0) is 10.9. The van der Waals surface area contributed by atoms with Gasteiger partial charge in [-0.15, -0.1) is 0 Å². The summed E-state index contributed by atoms with van der Waals surface area (Å²) in [6.45, 7) is 2.35. The molecule has 2 rings (SSSR count). The maximum Gasteiger partial charge on any atom is 0.134 e. The van der Waals surface area contributed by atoms with Crippen molar-refractivity contribution in [3.05, 3.63) is 36.1 Å². The number of aliphatic hydroxyl groups is 1. The van der Waals surface area contributed by atoms with Gasteiger partial charge in [0, 0.05) is 22.9 Å². The quantitative estimate of drug-likeness (QED) is 0.800. The van der Waals surface area contributed by atoms with Crippen molar-refractivity contribution in [2.24, 2.45) is 5.73 Å². The second-order valence-electron chi connectivity index (χ2n) is 4.07. The number of furan rings is 1. The average Bonchev–Trinajstić information content (AvgIpc) is 2.72. The molecule has 0 radical (unpaired) electrons. The van der Waals surface area contributed by atoms with Gasteiger partial charge in [-0.05, 0) is 6.07 Å². The normalized spacial score (nSPS) is 15.4. The monoisotopic (exact) mass is 205 g/mol. The third kappa shape index (κ3) is 1.54. The molecule has 0 saturated carbocycles. The Morgan fingerprint density at radius 2 is 2.13 bits per heavy atom. The molecule has 15 heavy (non-hydrogen) atoms. The fraction of sp³-hybridized carbons (Fsp3) is 0.333. The van der Waals surface area contributed by atoms with Crippen molar-refractivity contribution >= 4 is 11.0 Å². The number of fused-ring (bicyclic) bond motifs is 1. The van der Waals surface area contributed by atoms with Gasteiger partial charge in [-0.2, -0.15) is 0 Å². The standard InChI is InChI=1S/C12H15NO2/c1-12(7-13,8-14)10-6-15-11-5-3-2-4-9(10)11/h2-6,14H,7-8,13H2,1H3. The van der Waals surface area contributed by atoms with Crippen LogP contribution < -0.4 is 5.73 Å². The Labute approximate surface area is 88.5 Å². The molecule has 0 spiro atoms. The van der Waals surface area contributed by atoms with Crippen molar-refractivity contribution in [2.45, 2.75) is 12.3 Å². The van der Waals surface area contributed by atoms with Crippen molar-refractivity contribution in [3.63, 3.8) is 0 Å². The first-order valence-electron chi connectivity index (χ1n) is 4.99. The van der Waals surface area contributed by atoms with E-state index >= 15 is 0 Å². The molecule has 0 saturated heterocycles. The summed E-state index contributed by atoms with van der Waals surface area (Å²) in [4.78, 5) is 0. The van der Waals surface area contributed by atoms with E-state index in [1.54, 1.807) is 6.26 Å². The lowest BCUT2D eigenvalue weighted by atomic mass is 9.83. The molecule has 1 heterocycles. The van der Waals surface area contributed by atoms with Crippen LogP contribution in [0.25, 0.3) is 11.0 Å². The summed E-state index contributed by atoms with van der Waals surface area (Å²) in [5.74, 6) is 0. The molecule has 3 nitrogen and oxygen atoms in total. The predicted octanol–water partition coefficient (Wildman–Crippen LogP) is 1.64. The zero-order valence-electron chi connectivity index (χ0n) is 8.73. The van der Waals surface area contributed by atoms with Gasteiger partial charge in [0.1, 0.15) is 5.58 Å². The number of aliphatic hydroxyl groups excluding tert-OH is 1. The van der Waals surface area contributed by atoms with E-state index in [-0.39, 0.29) is 6.61 Å². The average molecular weight is 205 g/mol. The minimum Gasteiger partial charge on any atom is -0.464 e. The summed E-state index contributed by atoms with van der Waals surface area (Å²) >= 11 is 0. The van der Waals surface area contributed by atoms with E-state index in [2.05, 4.69) is 0 Å². The summed E-state index contributed by atoms with van der Waals surface area (Å²) in [6.07, 6.45) is 1.69. The molecular formula is C12H15NO2. The van der Waals surface area contributed by atoms with Gasteiger partial charge in [-0.25, -0.2) is 0 Å². The maximum absolute atomic E-state index is 9.39. The second kappa shape index (κ2) is 3.68. The van der Waals surface area contributed by atoms with E-state index in [9.17, 15) is 5.11 Å². The summed E-state index contributed by atoms with van der Waals surface area (Å²) in [5, 5.41) is 10.4. The van der Waals surface area contributed by atoms with Crippen LogP contribution in [0.1, 0.15) is 12.5 Å². The summed E-state index contributed by atoms with van der Waals surface area (Å²) in [5.41, 5.74) is 7.08. The molecular weight excluding hydrogens is 190 g/mol. The summed E-state index contributed by atoms with van der Waals surface area (Å²) in [7, 11) is 0. The van der Waals surface area contributed by atoms with Crippen LogP contribution >= 0.6 is 0 Å². The molecule has 3 heteroatoms. The van der Waals surface area contributed by atoms with Crippen molar-refractivity contribution in [3.8, 4) is 0 Å². The van der Waals surface area contributed by atoms with Crippen LogP contribution in [-0.4, -0.2) is 18.3 Å². The fourth-order valence-corrected chi connectivity index (χ4v) is 1.70. The minimum absolute atomic E-state index is 0.0209. The highest BCUT2D eigenvalue weighted by Crippen LogP contribution is 2.31. The second-order valence-corrected chi connectivity index (χ2v) is 4.07. The van der Waals surface area contributed by atoms with Crippen LogP contribution in [0.5, 0.6) is 0 Å². The highest BCUT2D eigenvalue weighted by molar-refractivity contribution is 5.82. The molecule has 0 aliphatic rings. The van der Waals surface area contributed by atoms with E-state index < -0.39 is 5.41 Å². The van der Waals surface area contributed by atoms with Crippen molar-refractivity contribution in [1.82, 2.24) is 0 Å². The van der Waals surface area contributed by atoms with Crippen LogP contribution in [0.3, 0.4) is 0 Å². The van der Waals surface area contributed by atoms with Gasteiger partial charge in [0.2, 0.25) is 0 Å². The van der Waals surface area contributed by atoms with Gasteiger partial charge in [0.05, 0.1) is 12.9 Å². The Hall–Kier alpha value is -1.32. The molecule has 0 amide bonds. The van der Waals surface area contributed by atoms with Crippen LogP contribution in [0.4, 0.5) is 0 Å². The number of nitrogens with two attached hydrogens (primary N) is 1. The van der Waals surface area contributed by atoms with E-state index in [1.807, 2.05) is 31.2 Å². The number of rotatable bonds is 3. The highest BCUT2D eigenvalue weighted by atomic mass is 16.3. The van der Waals surface area contributed by atoms with Crippen LogP contribution in [0.15, 0.2) is 34.9 Å². The minimum atomic E-state index is -0.424. The molecule has 1 atom stereocenters. The Kier molecular flexibility index (Phi) is 2.50. The Morgan fingerprint density at radius 1 is 1.40 bits per heavy atom. The third-order valence-corrected chi connectivity index (χ3v) is 2.93. The van der Waals surface area contributed by atoms with Crippen LogP contribution in [0.2, 0.25) is 0 Å². The van der Waals surface area contributed by atoms with E-state index in [0.29, 0.717) is 6.54 Å². The van der Waals surface area contributed by atoms with E-state index in [1.165, 1.54) is 0 Å². The lowest BCUT2D eigenvalue weighted by Gasteiger charge is -2.24. The molecule has 1 aromatic carbocycles. The third-order valence-electron chi connectivity index (χ3n) is 2.93. The predicted molar refractivity (Wildman–Crippen MR) is 59.7 cm³/mol. The number of benzene rings is 1. The lowest BCUT2D eigenvalue weighted by molar-refractivity contribution is 0.210. The molecule has 0 aliphatic carbocycles. The van der Waals surface area contributed by atoms with Crippen molar-refractivity contribution in [2.75, 3.05) is 13.2 Å². The highest BCUT2D eigenvalue weighted by Gasteiger charge is 2.27. The SMILES string of the molecule is CC(CN)(CO)c1coc2ccccc12. The number of hydrogen-bond donors (Lipinski definition) is 2. The Morgan fingerprint density at radius 3 is 2.80 bits per heavy atom. The van der Waals surface area contributed by atoms with Crippen LogP contribution in [-0.2, 0) is 5.41 Å². The molecule has 3 N–H and O–H groups in total. The fourth-order valence-electron chi connectivity index (χ4n) is 1.70. The van der Waals surface area contributed by atoms with Crippen molar-refractivity contribution < 1.29 is 9.52 Å². The van der Waals surface area contributed by atoms with Gasteiger partial charge in [0.25, 0.3) is 0 Å². The summed E-state index contributed by atoms with van der Waals surface area (Å²) < 4.78 is 5.43. The topological polar surface area (TPSA) is 59.4 Å². The first-order chi connectivity index (χ1) is 7.21. The first kappa shape index (κ1) is 10.2. The molecule has 0 aliphatic heterocycles. The zero-order valence-corrected chi connectivity index (χ0v) is 8.73. The van der Waals surface area contributed by atoms with Gasteiger partial charge in [0.15, 0.2) is 0 Å². The van der Waals surface area contributed by atoms with Gasteiger partial charge >= 0.3 is 0 Å². The smallest absolute Gasteiger partial charge is 0.134 e. The summed E-state index contributed by atoms with van der Waals surface area (Å²) in [6, 6.07) is 7.77. The largest absolute Gasteiger partial charge is 0.464 e. The molecule has 80 valence electrons. The molecule has 2 aromatic rings. The Balaban J connectivity index is 2.61. The number of para-hydroxylation sites is 1. The lowest BCUT2D eigenvalue weighted by Crippen LogP contribution is -2.35. The number of hydrogen-bond acceptors (Lipinski definition) is 3. The maximum atomic E-state index is 9.39. The molecule has 1 unspecified atom stereocenters. The molecule has 0 bridgehead atoms. The Bertz CT molecular complexity index is 457. The van der Waals surface area contributed by atoms with E-state index in [0.717, 1.165) is 16.5 Å². The van der Waals surface area contributed by atoms with Gasteiger partial charge in [-0.1, -0.05) is 25.1 Å². The van der Waals surface area contributed by atoms with E-state index in [4.69, 9.17) is 10.2 Å². The molecule has 1 aromatic heterocycles. The van der Waals surface area contributed by atoms with Crippen LogP contribution in [0, 0.1) is 0 Å².